The van der Waals surface area contributed by atoms with Crippen molar-refractivity contribution >= 4 is 23.4 Å². The van der Waals surface area contributed by atoms with Gasteiger partial charge in [-0.15, -0.1) is 11.8 Å². The fraction of sp³-hybridized carbons (Fsp3) is 0.636. The molecule has 0 radical (unpaired) electrons. The van der Waals surface area contributed by atoms with Gasteiger partial charge in [-0.1, -0.05) is 25.4 Å². The van der Waals surface area contributed by atoms with E-state index in [4.69, 9.17) is 11.6 Å². The number of rotatable bonds is 6. The molecule has 0 saturated carbocycles. The van der Waals surface area contributed by atoms with E-state index in [1.807, 2.05) is 13.8 Å². The van der Waals surface area contributed by atoms with Gasteiger partial charge in [0.15, 0.2) is 0 Å². The Morgan fingerprint density at radius 3 is 2.42 bits per heavy atom. The second kappa shape index (κ2) is 7.31. The highest BCUT2D eigenvalue weighted by Crippen LogP contribution is 2.29. The number of hydrogen-bond acceptors (Lipinski definition) is 4. The number of nitrogens with zero attached hydrogens (tertiary/aromatic N) is 3. The highest BCUT2D eigenvalue weighted by atomic mass is 35.5. The van der Waals surface area contributed by atoms with Crippen LogP contribution in [0.5, 0.6) is 0 Å². The van der Waals surface area contributed by atoms with Gasteiger partial charge in [-0.05, 0) is 13.1 Å². The molecule has 1 heterocycles. The van der Waals surface area contributed by atoms with Gasteiger partial charge < -0.3 is 4.90 Å². The lowest BCUT2D eigenvalue weighted by Gasteiger charge is -2.17. The molecule has 1 rings (SSSR count). The first-order valence-corrected chi connectivity index (χ1v) is 7.20. The van der Waals surface area contributed by atoms with Crippen molar-refractivity contribution in [2.75, 3.05) is 25.4 Å². The second-order valence-corrected chi connectivity index (χ2v) is 5.23. The number of thioether (sulfide) groups is 1. The molecule has 0 atom stereocenters. The Hall–Kier alpha value is -0.530. The topological polar surface area (TPSA) is 29.0 Å². The molecule has 0 saturated heterocycles. The summed E-state index contributed by atoms with van der Waals surface area (Å²) in [6.45, 7) is 6.69. The van der Waals surface area contributed by atoms with Crippen molar-refractivity contribution in [1.82, 2.24) is 14.9 Å². The molecule has 0 aliphatic carbocycles. The third kappa shape index (κ3) is 5.54. The summed E-state index contributed by atoms with van der Waals surface area (Å²) >= 11 is 6.82. The average Bonchev–Trinajstić information content (AvgIpc) is 2.33. The summed E-state index contributed by atoms with van der Waals surface area (Å²) < 4.78 is 37.5. The summed E-state index contributed by atoms with van der Waals surface area (Å²) in [7, 11) is 0. The highest BCUT2D eigenvalue weighted by Gasteiger charge is 2.35. The largest absolute Gasteiger partial charge is 0.451 e. The van der Waals surface area contributed by atoms with E-state index in [-0.39, 0.29) is 10.2 Å². The van der Waals surface area contributed by atoms with Crippen LogP contribution in [0.25, 0.3) is 0 Å². The van der Waals surface area contributed by atoms with E-state index in [2.05, 4.69) is 14.9 Å². The molecular weight excluding hydrogens is 299 g/mol. The number of hydrogen-bond donors (Lipinski definition) is 0. The molecule has 8 heteroatoms. The smallest absolute Gasteiger partial charge is 0.303 e. The Morgan fingerprint density at radius 2 is 1.89 bits per heavy atom. The maximum Gasteiger partial charge on any atom is 0.451 e. The first kappa shape index (κ1) is 16.5. The Morgan fingerprint density at radius 1 is 1.26 bits per heavy atom. The zero-order valence-corrected chi connectivity index (χ0v) is 12.2. The van der Waals surface area contributed by atoms with Gasteiger partial charge in [0.2, 0.25) is 5.82 Å². The fourth-order valence-electron chi connectivity index (χ4n) is 1.42. The number of alkyl halides is 3. The molecule has 1 aromatic heterocycles. The van der Waals surface area contributed by atoms with E-state index in [0.29, 0.717) is 5.75 Å². The van der Waals surface area contributed by atoms with E-state index in [0.717, 1.165) is 19.6 Å². The van der Waals surface area contributed by atoms with Gasteiger partial charge in [-0.25, -0.2) is 9.97 Å². The monoisotopic (exact) mass is 313 g/mol. The molecule has 0 aromatic carbocycles. The zero-order chi connectivity index (χ0) is 14.5. The van der Waals surface area contributed by atoms with E-state index >= 15 is 0 Å². The van der Waals surface area contributed by atoms with Crippen LogP contribution in [0.1, 0.15) is 19.7 Å². The molecule has 0 bridgehead atoms. The predicted molar refractivity (Wildman–Crippen MR) is 70.6 cm³/mol. The van der Waals surface area contributed by atoms with Gasteiger partial charge in [0.25, 0.3) is 0 Å². The Balaban J connectivity index is 2.66. The Kier molecular flexibility index (Phi) is 6.35. The van der Waals surface area contributed by atoms with Crippen LogP contribution in [-0.2, 0) is 6.18 Å². The van der Waals surface area contributed by atoms with Crippen LogP contribution >= 0.6 is 23.4 Å². The lowest BCUT2D eigenvalue weighted by Crippen LogP contribution is -2.25. The molecule has 0 spiro atoms. The van der Waals surface area contributed by atoms with Crippen LogP contribution in [0.3, 0.4) is 0 Å². The Labute approximate surface area is 119 Å². The van der Waals surface area contributed by atoms with Gasteiger partial charge >= 0.3 is 6.18 Å². The normalized spacial score (nSPS) is 12.2. The van der Waals surface area contributed by atoms with Crippen molar-refractivity contribution in [3.05, 3.63) is 17.0 Å². The molecule has 3 nitrogen and oxygen atoms in total. The van der Waals surface area contributed by atoms with Gasteiger partial charge in [0, 0.05) is 18.4 Å². The van der Waals surface area contributed by atoms with Gasteiger partial charge in [0.1, 0.15) is 10.2 Å². The molecule has 0 N–H and O–H groups in total. The molecule has 108 valence electrons. The summed E-state index contributed by atoms with van der Waals surface area (Å²) in [6.07, 6.45) is -4.57. The maximum atomic E-state index is 12.5. The number of halogens is 4. The van der Waals surface area contributed by atoms with Crippen LogP contribution < -0.4 is 0 Å². The molecule has 0 aliphatic rings. The summed E-state index contributed by atoms with van der Waals surface area (Å²) in [4.78, 5) is 8.84. The molecule has 1 aromatic rings. The lowest BCUT2D eigenvalue weighted by molar-refractivity contribution is -0.145. The molecule has 0 aliphatic heterocycles. The first-order chi connectivity index (χ1) is 8.86. The Bertz CT molecular complexity index is 411. The van der Waals surface area contributed by atoms with Gasteiger partial charge in [-0.2, -0.15) is 13.2 Å². The van der Waals surface area contributed by atoms with Crippen LogP contribution in [0.15, 0.2) is 11.1 Å². The van der Waals surface area contributed by atoms with Crippen molar-refractivity contribution in [2.24, 2.45) is 0 Å². The third-order valence-corrected chi connectivity index (χ3v) is 3.56. The van der Waals surface area contributed by atoms with Crippen molar-refractivity contribution in [3.8, 4) is 0 Å². The van der Waals surface area contributed by atoms with Gasteiger partial charge in [0.05, 0.1) is 0 Å². The summed E-state index contributed by atoms with van der Waals surface area (Å²) in [6, 6.07) is 1.35. The summed E-state index contributed by atoms with van der Waals surface area (Å²) in [5.41, 5.74) is 0. The minimum Gasteiger partial charge on any atom is -0.303 e. The zero-order valence-electron chi connectivity index (χ0n) is 10.7. The van der Waals surface area contributed by atoms with Crippen molar-refractivity contribution < 1.29 is 13.2 Å². The van der Waals surface area contributed by atoms with Crippen LogP contribution in [-0.4, -0.2) is 40.3 Å². The van der Waals surface area contributed by atoms with Crippen LogP contribution in [0, 0.1) is 0 Å². The standard InChI is InChI=1S/C11H15ClF3N3S/c1-3-18(4-2)5-6-19-9-7-8(12)16-10(17-9)11(13,14)15/h7H,3-6H2,1-2H3. The van der Waals surface area contributed by atoms with E-state index < -0.39 is 12.0 Å². The number of aromatic nitrogens is 2. The molecule has 0 fully saturated rings. The van der Waals surface area contributed by atoms with Gasteiger partial charge in [-0.3, -0.25) is 0 Å². The second-order valence-electron chi connectivity index (χ2n) is 3.73. The SMILES string of the molecule is CCN(CC)CCSc1cc(Cl)nc(C(F)(F)F)n1. The van der Waals surface area contributed by atoms with Crippen molar-refractivity contribution in [3.63, 3.8) is 0 Å². The summed E-state index contributed by atoms with van der Waals surface area (Å²) in [5.74, 6) is -0.530. The quantitative estimate of drug-likeness (QED) is 0.593. The van der Waals surface area contributed by atoms with Crippen LogP contribution in [0.2, 0.25) is 5.15 Å². The fourth-order valence-corrected chi connectivity index (χ4v) is 2.57. The average molecular weight is 314 g/mol. The highest BCUT2D eigenvalue weighted by molar-refractivity contribution is 7.99. The predicted octanol–water partition coefficient (Wildman–Crippen LogP) is 3.58. The minimum absolute atomic E-state index is 0.187. The summed E-state index contributed by atoms with van der Waals surface area (Å²) in [5, 5.41) is 0.0622. The van der Waals surface area contributed by atoms with Crippen LogP contribution in [0.4, 0.5) is 13.2 Å². The molecule has 19 heavy (non-hydrogen) atoms. The van der Waals surface area contributed by atoms with E-state index in [9.17, 15) is 13.2 Å². The lowest BCUT2D eigenvalue weighted by atomic mass is 10.5. The first-order valence-electron chi connectivity index (χ1n) is 5.83. The maximum absolute atomic E-state index is 12.5. The third-order valence-electron chi connectivity index (χ3n) is 2.48. The molecule has 0 amide bonds. The minimum atomic E-state index is -4.57. The molecule has 0 unspecified atom stereocenters. The van der Waals surface area contributed by atoms with Crippen molar-refractivity contribution in [1.29, 1.82) is 0 Å². The van der Waals surface area contributed by atoms with E-state index in [1.165, 1.54) is 17.8 Å². The van der Waals surface area contributed by atoms with Crippen molar-refractivity contribution in [2.45, 2.75) is 25.0 Å². The molecular formula is C11H15ClF3N3S. The van der Waals surface area contributed by atoms with E-state index in [1.54, 1.807) is 0 Å².